The lowest BCUT2D eigenvalue weighted by atomic mass is 10.2. The number of rotatable bonds is 5. The van der Waals surface area contributed by atoms with E-state index in [1.54, 1.807) is 0 Å². The molecule has 1 aliphatic rings. The zero-order valence-corrected chi connectivity index (χ0v) is 9.34. The second-order valence-corrected chi connectivity index (χ2v) is 3.72. The molecule has 1 rings (SSSR count). The van der Waals surface area contributed by atoms with E-state index in [0.717, 1.165) is 32.3 Å². The van der Waals surface area contributed by atoms with Crippen LogP contribution in [0, 0.1) is 11.8 Å². The highest BCUT2D eigenvalue weighted by Crippen LogP contribution is 2.10. The maximum Gasteiger partial charge on any atom is 0.220 e. The molecule has 1 heterocycles. The molecule has 0 aliphatic carbocycles. The Morgan fingerprint density at radius 1 is 1.60 bits per heavy atom. The maximum absolute atomic E-state index is 11.3. The number of unbranched alkanes of at least 4 members (excludes halogenated alkanes) is 1. The zero-order chi connectivity index (χ0) is 10.9. The van der Waals surface area contributed by atoms with Crippen LogP contribution in [0.3, 0.4) is 0 Å². The lowest BCUT2D eigenvalue weighted by molar-refractivity contribution is -0.121. The number of carbonyl (C=O) groups is 1. The Kier molecular flexibility index (Phi) is 5.87. The number of hydrogen-bond donors (Lipinski definition) is 1. The van der Waals surface area contributed by atoms with Gasteiger partial charge in [-0.15, -0.1) is 11.8 Å². The number of amides is 1. The minimum absolute atomic E-state index is 0.114. The lowest BCUT2D eigenvalue weighted by Crippen LogP contribution is -2.31. The van der Waals surface area contributed by atoms with Crippen LogP contribution < -0.4 is 5.32 Å². The fraction of sp³-hybridized carbons (Fsp3) is 0.750. The Balaban J connectivity index is 1.99. The first-order chi connectivity index (χ1) is 7.33. The second kappa shape index (κ2) is 7.30. The Bertz CT molecular complexity index is 246. The third kappa shape index (κ3) is 5.44. The van der Waals surface area contributed by atoms with Crippen molar-refractivity contribution < 1.29 is 9.53 Å². The van der Waals surface area contributed by atoms with Gasteiger partial charge < -0.3 is 10.1 Å². The Hall–Kier alpha value is -1.01. The van der Waals surface area contributed by atoms with Gasteiger partial charge in [-0.2, -0.15) is 0 Å². The van der Waals surface area contributed by atoms with E-state index in [1.807, 2.05) is 6.92 Å². The molecule has 15 heavy (non-hydrogen) atoms. The smallest absolute Gasteiger partial charge is 0.220 e. The molecule has 1 aliphatic heterocycles. The maximum atomic E-state index is 11.3. The molecule has 1 N–H and O–H groups in total. The van der Waals surface area contributed by atoms with E-state index in [0.29, 0.717) is 13.0 Å². The van der Waals surface area contributed by atoms with E-state index in [-0.39, 0.29) is 12.0 Å². The molecule has 3 nitrogen and oxygen atoms in total. The van der Waals surface area contributed by atoms with Crippen LogP contribution >= 0.6 is 0 Å². The molecule has 0 spiro atoms. The van der Waals surface area contributed by atoms with Crippen molar-refractivity contribution >= 4 is 5.91 Å². The average Bonchev–Trinajstić information content (AvgIpc) is 2.74. The van der Waals surface area contributed by atoms with Gasteiger partial charge in [0.2, 0.25) is 5.91 Å². The van der Waals surface area contributed by atoms with Gasteiger partial charge in [-0.3, -0.25) is 4.79 Å². The number of ether oxygens (including phenoxy) is 1. The molecule has 1 saturated heterocycles. The van der Waals surface area contributed by atoms with Crippen molar-refractivity contribution in [2.75, 3.05) is 13.2 Å². The fourth-order valence-corrected chi connectivity index (χ4v) is 1.58. The minimum atomic E-state index is 0.114. The number of carbonyl (C=O) groups excluding carboxylic acids is 1. The molecule has 1 atom stereocenters. The topological polar surface area (TPSA) is 38.3 Å². The highest BCUT2D eigenvalue weighted by atomic mass is 16.5. The normalized spacial score (nSPS) is 19.4. The lowest BCUT2D eigenvalue weighted by Gasteiger charge is -2.10. The van der Waals surface area contributed by atoms with Gasteiger partial charge in [0.25, 0.3) is 0 Å². The molecule has 0 aromatic heterocycles. The van der Waals surface area contributed by atoms with Gasteiger partial charge in [0.05, 0.1) is 6.10 Å². The highest BCUT2D eigenvalue weighted by molar-refractivity contribution is 5.75. The van der Waals surface area contributed by atoms with Crippen LogP contribution in [0.25, 0.3) is 0 Å². The average molecular weight is 209 g/mol. The Morgan fingerprint density at radius 2 is 2.47 bits per heavy atom. The molecule has 0 bridgehead atoms. The van der Waals surface area contributed by atoms with Crippen LogP contribution in [-0.2, 0) is 9.53 Å². The summed E-state index contributed by atoms with van der Waals surface area (Å²) in [4.78, 5) is 11.3. The van der Waals surface area contributed by atoms with Gasteiger partial charge in [0, 0.05) is 26.0 Å². The van der Waals surface area contributed by atoms with Gasteiger partial charge in [0.1, 0.15) is 0 Å². The van der Waals surface area contributed by atoms with Crippen LogP contribution in [0.15, 0.2) is 0 Å². The van der Waals surface area contributed by atoms with Crippen LogP contribution in [0.1, 0.15) is 39.0 Å². The van der Waals surface area contributed by atoms with Crippen LogP contribution in [-0.4, -0.2) is 25.2 Å². The quantitative estimate of drug-likeness (QED) is 0.550. The summed E-state index contributed by atoms with van der Waals surface area (Å²) in [6.45, 7) is 3.32. The second-order valence-electron chi connectivity index (χ2n) is 3.72. The SMILES string of the molecule is CC#CCCCC(=O)NCC1CCCO1. The highest BCUT2D eigenvalue weighted by Gasteiger charge is 2.15. The Labute approximate surface area is 91.6 Å². The van der Waals surface area contributed by atoms with E-state index in [2.05, 4.69) is 17.2 Å². The van der Waals surface area contributed by atoms with Crippen molar-refractivity contribution in [1.29, 1.82) is 0 Å². The summed E-state index contributed by atoms with van der Waals surface area (Å²) in [6.07, 6.45) is 4.65. The summed E-state index contributed by atoms with van der Waals surface area (Å²) in [7, 11) is 0. The van der Waals surface area contributed by atoms with E-state index in [9.17, 15) is 4.79 Å². The minimum Gasteiger partial charge on any atom is -0.376 e. The van der Waals surface area contributed by atoms with Crippen LogP contribution in [0.5, 0.6) is 0 Å². The first-order valence-electron chi connectivity index (χ1n) is 5.61. The van der Waals surface area contributed by atoms with Gasteiger partial charge in [0.15, 0.2) is 0 Å². The van der Waals surface area contributed by atoms with Crippen molar-refractivity contribution in [3.8, 4) is 11.8 Å². The number of nitrogens with one attached hydrogen (secondary N) is 1. The van der Waals surface area contributed by atoms with E-state index in [4.69, 9.17) is 4.74 Å². The van der Waals surface area contributed by atoms with Crippen molar-refractivity contribution in [3.63, 3.8) is 0 Å². The summed E-state index contributed by atoms with van der Waals surface area (Å²) < 4.78 is 5.41. The Morgan fingerprint density at radius 3 is 3.13 bits per heavy atom. The molecule has 0 radical (unpaired) electrons. The monoisotopic (exact) mass is 209 g/mol. The van der Waals surface area contributed by atoms with Gasteiger partial charge in [-0.05, 0) is 26.2 Å². The van der Waals surface area contributed by atoms with E-state index < -0.39 is 0 Å². The molecule has 84 valence electrons. The largest absolute Gasteiger partial charge is 0.376 e. The summed E-state index contributed by atoms with van der Waals surface area (Å²) >= 11 is 0. The summed E-state index contributed by atoms with van der Waals surface area (Å²) in [6, 6.07) is 0. The summed E-state index contributed by atoms with van der Waals surface area (Å²) in [5.41, 5.74) is 0. The van der Waals surface area contributed by atoms with E-state index >= 15 is 0 Å². The summed E-state index contributed by atoms with van der Waals surface area (Å²) in [5.74, 6) is 5.88. The fourth-order valence-electron chi connectivity index (χ4n) is 1.58. The van der Waals surface area contributed by atoms with Gasteiger partial charge in [-0.25, -0.2) is 0 Å². The first-order valence-corrected chi connectivity index (χ1v) is 5.61. The summed E-state index contributed by atoms with van der Waals surface area (Å²) in [5, 5.41) is 2.89. The first kappa shape index (κ1) is 12.1. The molecule has 3 heteroatoms. The molecule has 0 aromatic rings. The third-order valence-electron chi connectivity index (χ3n) is 2.43. The predicted molar refractivity (Wildman–Crippen MR) is 59.3 cm³/mol. The van der Waals surface area contributed by atoms with Gasteiger partial charge >= 0.3 is 0 Å². The molecule has 1 unspecified atom stereocenters. The van der Waals surface area contributed by atoms with Crippen LogP contribution in [0.2, 0.25) is 0 Å². The van der Waals surface area contributed by atoms with Crippen molar-refractivity contribution in [3.05, 3.63) is 0 Å². The molecular weight excluding hydrogens is 190 g/mol. The molecular formula is C12H19NO2. The molecule has 0 aromatic carbocycles. The van der Waals surface area contributed by atoms with Crippen LogP contribution in [0.4, 0.5) is 0 Å². The molecule has 1 amide bonds. The van der Waals surface area contributed by atoms with Crippen molar-refractivity contribution in [2.24, 2.45) is 0 Å². The number of hydrogen-bond acceptors (Lipinski definition) is 2. The van der Waals surface area contributed by atoms with E-state index in [1.165, 1.54) is 0 Å². The third-order valence-corrected chi connectivity index (χ3v) is 2.43. The standard InChI is InChI=1S/C12H19NO2/c1-2-3-4-5-8-12(14)13-10-11-7-6-9-15-11/h11H,4-10H2,1H3,(H,13,14). The zero-order valence-electron chi connectivity index (χ0n) is 9.34. The van der Waals surface area contributed by atoms with Crippen molar-refractivity contribution in [1.82, 2.24) is 5.32 Å². The molecule has 1 fully saturated rings. The molecule has 0 saturated carbocycles. The van der Waals surface area contributed by atoms with Gasteiger partial charge in [-0.1, -0.05) is 0 Å². The van der Waals surface area contributed by atoms with Crippen molar-refractivity contribution in [2.45, 2.75) is 45.1 Å². The predicted octanol–water partition coefficient (Wildman–Crippen LogP) is 1.48.